The molecule has 0 unspecified atom stereocenters. The zero-order valence-electron chi connectivity index (χ0n) is 8.40. The summed E-state index contributed by atoms with van der Waals surface area (Å²) in [6.07, 6.45) is 3.59. The fourth-order valence-corrected chi connectivity index (χ4v) is 2.04. The summed E-state index contributed by atoms with van der Waals surface area (Å²) < 4.78 is 3.24. The minimum absolute atomic E-state index is 0.0326. The zero-order chi connectivity index (χ0) is 10.3. The topological polar surface area (TPSA) is 46.5 Å². The maximum atomic E-state index is 4.37. The molecule has 1 N–H and O–H groups in total. The molecule has 0 fully saturated rings. The van der Waals surface area contributed by atoms with Gasteiger partial charge in [0, 0.05) is 0 Å². The second kappa shape index (κ2) is 3.13. The fraction of sp³-hybridized carbons (Fsp3) is 0.444. The summed E-state index contributed by atoms with van der Waals surface area (Å²) in [4.78, 5) is 11.8. The van der Waals surface area contributed by atoms with Gasteiger partial charge < -0.3 is 0 Å². The third kappa shape index (κ3) is 1.48. The summed E-state index contributed by atoms with van der Waals surface area (Å²) >= 11 is 1.38. The normalized spacial score (nSPS) is 12.2. The molecule has 0 saturated carbocycles. The average molecular weight is 360 g/mol. The van der Waals surface area contributed by atoms with E-state index in [0.29, 0.717) is 0 Å². The molecule has 0 amide bonds. The van der Waals surface area contributed by atoms with Gasteiger partial charge in [-0.2, -0.15) is 0 Å². The van der Waals surface area contributed by atoms with Crippen LogP contribution in [0, 0.1) is 3.67 Å². The molecule has 74 valence electrons. The Morgan fingerprint density at radius 1 is 1.36 bits per heavy atom. The van der Waals surface area contributed by atoms with E-state index in [9.17, 15) is 0 Å². The number of hydrogen-bond donors (Lipinski definition) is 1. The van der Waals surface area contributed by atoms with Gasteiger partial charge in [-0.1, -0.05) is 0 Å². The van der Waals surface area contributed by atoms with Gasteiger partial charge in [0.05, 0.1) is 0 Å². The predicted molar refractivity (Wildman–Crippen MR) is 50.1 cm³/mol. The van der Waals surface area contributed by atoms with E-state index in [2.05, 4.69) is 40.3 Å². The second-order valence-electron chi connectivity index (χ2n) is 4.19. The number of H-pyrrole nitrogens is 1. The van der Waals surface area contributed by atoms with Gasteiger partial charge in [-0.05, 0) is 0 Å². The van der Waals surface area contributed by atoms with Crippen molar-refractivity contribution in [1.82, 2.24) is 19.5 Å². The second-order valence-corrected chi connectivity index (χ2v) is 5.66. The van der Waals surface area contributed by atoms with Crippen LogP contribution in [0.4, 0.5) is 0 Å². The molecule has 0 radical (unpaired) electrons. The van der Waals surface area contributed by atoms with Crippen molar-refractivity contribution in [2.75, 3.05) is 0 Å². The van der Waals surface area contributed by atoms with E-state index < -0.39 is 0 Å². The molecule has 0 bridgehead atoms. The Hall–Kier alpha value is -0.762. The molecule has 2 aromatic rings. The number of aromatic nitrogens is 4. The number of hydrogen-bond acceptors (Lipinski definition) is 2. The molecule has 5 heteroatoms. The quantitative estimate of drug-likeness (QED) is 0.776. The number of imidazole rings is 1. The van der Waals surface area contributed by atoms with Crippen LogP contribution in [-0.2, 0) is 24.9 Å². The molecule has 0 spiro atoms. The Morgan fingerprint density at radius 2 is 2.07 bits per heavy atom. The Bertz CT molecular complexity index is 517. The van der Waals surface area contributed by atoms with Crippen molar-refractivity contribution in [3.05, 3.63) is 16.3 Å². The van der Waals surface area contributed by atoms with Gasteiger partial charge in [0.2, 0.25) is 0 Å². The van der Waals surface area contributed by atoms with Gasteiger partial charge in [0.1, 0.15) is 0 Å². The van der Waals surface area contributed by atoms with Gasteiger partial charge in [-0.25, -0.2) is 0 Å². The molecule has 2 aromatic heterocycles. The molecule has 0 saturated heterocycles. The Morgan fingerprint density at radius 3 is 2.71 bits per heavy atom. The third-order valence-corrected chi connectivity index (χ3v) is 3.18. The number of rotatable bonds is 0. The number of nitrogens with one attached hydrogen (secondary N) is 1. The molecule has 4 nitrogen and oxygen atoms in total. The maximum absolute atomic E-state index is 4.37. The Balaban J connectivity index is 2.83. The van der Waals surface area contributed by atoms with Crippen molar-refractivity contribution in [3.8, 4) is 0 Å². The van der Waals surface area contributed by atoms with Crippen molar-refractivity contribution in [3.63, 3.8) is 0 Å². The van der Waals surface area contributed by atoms with Crippen molar-refractivity contribution >= 4 is 11.2 Å². The third-order valence-electron chi connectivity index (χ3n) is 2.06. The van der Waals surface area contributed by atoms with E-state index in [-0.39, 0.29) is 5.54 Å². The molecular formula is C9H12N4W. The SMILES string of the molecule is CC(C)(C)n1cnc2[c](=[W])[nH]cnc21. The summed E-state index contributed by atoms with van der Waals surface area (Å²) in [7, 11) is 0. The van der Waals surface area contributed by atoms with E-state index in [1.807, 2.05) is 6.33 Å². The fourth-order valence-electron chi connectivity index (χ4n) is 1.34. The van der Waals surface area contributed by atoms with Crippen LogP contribution in [0.5, 0.6) is 0 Å². The van der Waals surface area contributed by atoms with E-state index in [1.165, 1.54) is 19.4 Å². The first-order valence-corrected chi connectivity index (χ1v) is 5.88. The number of aromatic amines is 1. The molecule has 14 heavy (non-hydrogen) atoms. The van der Waals surface area contributed by atoms with Crippen molar-refractivity contribution in [2.45, 2.75) is 26.3 Å². The standard InChI is InChI=1S/C9H12N4.W/c1-9(2,3)13-6-12-7-4-10-5-11-8(7)13;/h5-6H,1-3H3,(H,10,11);. The summed E-state index contributed by atoms with van der Waals surface area (Å²) in [6.45, 7) is 6.44. The first kappa shape index (κ1) is 9.78. The average Bonchev–Trinajstić information content (AvgIpc) is 2.47. The van der Waals surface area contributed by atoms with E-state index in [4.69, 9.17) is 0 Å². The molecule has 0 aliphatic heterocycles. The molecule has 0 atom stereocenters. The molecule has 0 aliphatic carbocycles. The van der Waals surface area contributed by atoms with Crippen molar-refractivity contribution < 1.29 is 19.4 Å². The van der Waals surface area contributed by atoms with Gasteiger partial charge in [-0.3, -0.25) is 0 Å². The number of fused-ring (bicyclic) bond motifs is 1. The van der Waals surface area contributed by atoms with Crippen LogP contribution in [0.1, 0.15) is 20.8 Å². The van der Waals surface area contributed by atoms with Crippen LogP contribution in [0.3, 0.4) is 0 Å². The Labute approximate surface area is 92.8 Å². The van der Waals surface area contributed by atoms with Crippen LogP contribution in [-0.4, -0.2) is 19.5 Å². The first-order chi connectivity index (χ1) is 6.50. The number of nitrogens with zero attached hydrogens (tertiary/aromatic N) is 3. The molecule has 0 aromatic carbocycles. The van der Waals surface area contributed by atoms with E-state index >= 15 is 0 Å². The predicted octanol–water partition coefficient (Wildman–Crippen LogP) is 1.59. The van der Waals surface area contributed by atoms with Crippen molar-refractivity contribution in [1.29, 1.82) is 0 Å². The monoisotopic (exact) mass is 360 g/mol. The zero-order valence-corrected chi connectivity index (χ0v) is 11.3. The van der Waals surface area contributed by atoms with Crippen LogP contribution >= 0.6 is 0 Å². The van der Waals surface area contributed by atoms with E-state index in [0.717, 1.165) is 14.8 Å². The van der Waals surface area contributed by atoms with Crippen LogP contribution in [0.25, 0.3) is 11.2 Å². The molecule has 2 heterocycles. The van der Waals surface area contributed by atoms with Gasteiger partial charge >= 0.3 is 92.7 Å². The first-order valence-electron chi connectivity index (χ1n) is 4.41. The van der Waals surface area contributed by atoms with Gasteiger partial charge in [-0.15, -0.1) is 0 Å². The Kier molecular flexibility index (Phi) is 2.18. The summed E-state index contributed by atoms with van der Waals surface area (Å²) in [5.41, 5.74) is 1.98. The summed E-state index contributed by atoms with van der Waals surface area (Å²) in [5, 5.41) is 0. The molecule has 2 rings (SSSR count). The summed E-state index contributed by atoms with van der Waals surface area (Å²) in [5.74, 6) is 0. The van der Waals surface area contributed by atoms with Crippen LogP contribution < -0.4 is 0 Å². The van der Waals surface area contributed by atoms with Crippen molar-refractivity contribution in [2.24, 2.45) is 0 Å². The summed E-state index contributed by atoms with van der Waals surface area (Å²) in [6, 6.07) is 0. The van der Waals surface area contributed by atoms with Gasteiger partial charge in [0.15, 0.2) is 0 Å². The van der Waals surface area contributed by atoms with Crippen LogP contribution in [0.2, 0.25) is 0 Å². The van der Waals surface area contributed by atoms with Gasteiger partial charge in [0.25, 0.3) is 0 Å². The van der Waals surface area contributed by atoms with E-state index in [1.54, 1.807) is 6.33 Å². The molecular weight excluding hydrogens is 348 g/mol. The molecule has 0 aliphatic rings. The van der Waals surface area contributed by atoms with Crippen LogP contribution in [0.15, 0.2) is 12.7 Å². The minimum atomic E-state index is 0.0326.